The van der Waals surface area contributed by atoms with Gasteiger partial charge in [-0.15, -0.1) is 0 Å². The Morgan fingerprint density at radius 3 is 2.50 bits per heavy atom. The van der Waals surface area contributed by atoms with Crippen LogP contribution in [0.25, 0.3) is 0 Å². The van der Waals surface area contributed by atoms with E-state index in [0.29, 0.717) is 0 Å². The summed E-state index contributed by atoms with van der Waals surface area (Å²) >= 11 is 0. The van der Waals surface area contributed by atoms with E-state index in [4.69, 9.17) is 0 Å². The first kappa shape index (κ1) is 10.7. The zero-order valence-electron chi connectivity index (χ0n) is 9.64. The summed E-state index contributed by atoms with van der Waals surface area (Å²) in [5.74, 6) is 0.915. The number of hydrogen-bond donors (Lipinski definition) is 1. The van der Waals surface area contributed by atoms with E-state index in [0.717, 1.165) is 5.82 Å². The van der Waals surface area contributed by atoms with Crippen LogP contribution in [0.1, 0.15) is 24.1 Å². The molecule has 1 aromatic carbocycles. The van der Waals surface area contributed by atoms with Crippen LogP contribution in [-0.2, 0) is 0 Å². The van der Waals surface area contributed by atoms with Crippen molar-refractivity contribution in [2.24, 2.45) is 0 Å². The highest BCUT2D eigenvalue weighted by Crippen LogP contribution is 2.20. The topological polar surface area (TPSA) is 24.9 Å². The van der Waals surface area contributed by atoms with Crippen LogP contribution >= 0.6 is 0 Å². The van der Waals surface area contributed by atoms with Gasteiger partial charge in [0.1, 0.15) is 5.82 Å². The average Bonchev–Trinajstić information content (AvgIpc) is 2.31. The maximum absolute atomic E-state index is 4.26. The highest BCUT2D eigenvalue weighted by atomic mass is 15.0. The summed E-state index contributed by atoms with van der Waals surface area (Å²) in [6.45, 7) is 4.28. The maximum Gasteiger partial charge on any atom is 0.126 e. The fourth-order valence-electron chi connectivity index (χ4n) is 1.82. The number of aromatic nitrogens is 1. The summed E-state index contributed by atoms with van der Waals surface area (Å²) in [5.41, 5.74) is 2.62. The molecule has 2 heteroatoms. The quantitative estimate of drug-likeness (QED) is 0.841. The van der Waals surface area contributed by atoms with Crippen molar-refractivity contribution in [2.45, 2.75) is 19.9 Å². The minimum atomic E-state index is 0.274. The second-order valence-corrected chi connectivity index (χ2v) is 3.94. The molecule has 0 amide bonds. The monoisotopic (exact) mass is 212 g/mol. The van der Waals surface area contributed by atoms with Gasteiger partial charge in [0.2, 0.25) is 0 Å². The zero-order chi connectivity index (χ0) is 11.4. The van der Waals surface area contributed by atoms with E-state index in [1.54, 1.807) is 6.20 Å². The third kappa shape index (κ3) is 2.40. The lowest BCUT2D eigenvalue weighted by Gasteiger charge is -2.16. The van der Waals surface area contributed by atoms with E-state index in [1.807, 2.05) is 18.2 Å². The third-order valence-corrected chi connectivity index (χ3v) is 2.68. The SMILES string of the molecule is Cc1ccccc1C(C)Nc1ccccn1. The van der Waals surface area contributed by atoms with Crippen molar-refractivity contribution < 1.29 is 0 Å². The minimum Gasteiger partial charge on any atom is -0.364 e. The van der Waals surface area contributed by atoms with Crippen molar-refractivity contribution in [3.63, 3.8) is 0 Å². The van der Waals surface area contributed by atoms with Gasteiger partial charge in [-0.1, -0.05) is 30.3 Å². The molecule has 0 saturated heterocycles. The number of benzene rings is 1. The van der Waals surface area contributed by atoms with Gasteiger partial charge in [0.05, 0.1) is 6.04 Å². The highest BCUT2D eigenvalue weighted by molar-refractivity contribution is 5.39. The molecule has 0 fully saturated rings. The summed E-state index contributed by atoms with van der Waals surface area (Å²) in [7, 11) is 0. The lowest BCUT2D eigenvalue weighted by molar-refractivity contribution is 0.865. The number of anilines is 1. The number of rotatable bonds is 3. The Labute approximate surface area is 96.4 Å². The number of hydrogen-bond acceptors (Lipinski definition) is 2. The van der Waals surface area contributed by atoms with Gasteiger partial charge in [0, 0.05) is 6.20 Å². The molecule has 0 aliphatic rings. The Morgan fingerprint density at radius 2 is 1.81 bits per heavy atom. The molecule has 82 valence electrons. The van der Waals surface area contributed by atoms with E-state index < -0.39 is 0 Å². The summed E-state index contributed by atoms with van der Waals surface area (Å²) in [6, 6.07) is 14.6. The molecule has 1 atom stereocenters. The fraction of sp³-hybridized carbons (Fsp3) is 0.214. The number of nitrogens with one attached hydrogen (secondary N) is 1. The smallest absolute Gasteiger partial charge is 0.126 e. The van der Waals surface area contributed by atoms with Crippen molar-refractivity contribution in [3.05, 3.63) is 59.8 Å². The van der Waals surface area contributed by atoms with Crippen molar-refractivity contribution in [1.29, 1.82) is 0 Å². The molecule has 0 bridgehead atoms. The molecule has 0 saturated carbocycles. The molecule has 0 aliphatic heterocycles. The van der Waals surface area contributed by atoms with Crippen molar-refractivity contribution in [1.82, 2.24) is 4.98 Å². The van der Waals surface area contributed by atoms with Gasteiger partial charge in [-0.3, -0.25) is 0 Å². The standard InChI is InChI=1S/C14H16N2/c1-11-7-3-4-8-13(11)12(2)16-14-9-5-6-10-15-14/h3-10,12H,1-2H3,(H,15,16). The first-order valence-corrected chi connectivity index (χ1v) is 5.50. The van der Waals surface area contributed by atoms with E-state index >= 15 is 0 Å². The van der Waals surface area contributed by atoms with Gasteiger partial charge >= 0.3 is 0 Å². The lowest BCUT2D eigenvalue weighted by Crippen LogP contribution is -2.08. The van der Waals surface area contributed by atoms with Crippen LogP contribution < -0.4 is 5.32 Å². The zero-order valence-corrected chi connectivity index (χ0v) is 9.64. The van der Waals surface area contributed by atoms with Crippen LogP contribution in [0.15, 0.2) is 48.7 Å². The average molecular weight is 212 g/mol. The van der Waals surface area contributed by atoms with E-state index in [-0.39, 0.29) is 6.04 Å². The Hall–Kier alpha value is -1.83. The summed E-state index contributed by atoms with van der Waals surface area (Å²) in [5, 5.41) is 3.39. The predicted octanol–water partition coefficient (Wildman–Crippen LogP) is 3.56. The van der Waals surface area contributed by atoms with Gasteiger partial charge in [-0.25, -0.2) is 4.98 Å². The molecule has 2 rings (SSSR count). The second-order valence-electron chi connectivity index (χ2n) is 3.94. The Bertz CT molecular complexity index is 451. The van der Waals surface area contributed by atoms with Gasteiger partial charge in [0.15, 0.2) is 0 Å². The molecular formula is C14H16N2. The van der Waals surface area contributed by atoms with E-state index in [9.17, 15) is 0 Å². The molecule has 2 aromatic rings. The largest absolute Gasteiger partial charge is 0.364 e. The van der Waals surface area contributed by atoms with Crippen LogP contribution in [0.2, 0.25) is 0 Å². The Balaban J connectivity index is 2.15. The van der Waals surface area contributed by atoms with Crippen LogP contribution in [-0.4, -0.2) is 4.98 Å². The number of aryl methyl sites for hydroxylation is 1. The summed E-state index contributed by atoms with van der Waals surface area (Å²) in [6.07, 6.45) is 1.80. The van der Waals surface area contributed by atoms with E-state index in [1.165, 1.54) is 11.1 Å². The van der Waals surface area contributed by atoms with Gasteiger partial charge in [-0.2, -0.15) is 0 Å². The van der Waals surface area contributed by atoms with Crippen LogP contribution in [0.5, 0.6) is 0 Å². The molecule has 1 aromatic heterocycles. The van der Waals surface area contributed by atoms with Gasteiger partial charge in [-0.05, 0) is 37.1 Å². The maximum atomic E-state index is 4.26. The predicted molar refractivity (Wildman–Crippen MR) is 67.5 cm³/mol. The Morgan fingerprint density at radius 1 is 1.06 bits per heavy atom. The molecular weight excluding hydrogens is 196 g/mol. The second kappa shape index (κ2) is 4.79. The molecule has 0 radical (unpaired) electrons. The molecule has 16 heavy (non-hydrogen) atoms. The van der Waals surface area contributed by atoms with Crippen molar-refractivity contribution >= 4 is 5.82 Å². The number of pyridine rings is 1. The first-order valence-electron chi connectivity index (χ1n) is 5.50. The Kier molecular flexibility index (Phi) is 3.20. The van der Waals surface area contributed by atoms with Crippen molar-refractivity contribution in [2.75, 3.05) is 5.32 Å². The summed E-state index contributed by atoms with van der Waals surface area (Å²) < 4.78 is 0. The van der Waals surface area contributed by atoms with Gasteiger partial charge in [0.25, 0.3) is 0 Å². The van der Waals surface area contributed by atoms with Crippen molar-refractivity contribution in [3.8, 4) is 0 Å². The molecule has 1 unspecified atom stereocenters. The fourth-order valence-corrected chi connectivity index (χ4v) is 1.82. The van der Waals surface area contributed by atoms with E-state index in [2.05, 4.69) is 48.4 Å². The third-order valence-electron chi connectivity index (χ3n) is 2.68. The molecule has 2 nitrogen and oxygen atoms in total. The lowest BCUT2D eigenvalue weighted by atomic mass is 10.0. The molecule has 1 heterocycles. The van der Waals surface area contributed by atoms with Crippen LogP contribution in [0.3, 0.4) is 0 Å². The van der Waals surface area contributed by atoms with Crippen LogP contribution in [0.4, 0.5) is 5.82 Å². The molecule has 1 N–H and O–H groups in total. The normalized spacial score (nSPS) is 12.1. The number of nitrogens with zero attached hydrogens (tertiary/aromatic N) is 1. The van der Waals surface area contributed by atoms with Crippen LogP contribution in [0, 0.1) is 6.92 Å². The van der Waals surface area contributed by atoms with Gasteiger partial charge < -0.3 is 5.32 Å². The summed E-state index contributed by atoms with van der Waals surface area (Å²) in [4.78, 5) is 4.26. The minimum absolute atomic E-state index is 0.274. The first-order chi connectivity index (χ1) is 7.77. The highest BCUT2D eigenvalue weighted by Gasteiger charge is 2.07. The molecule has 0 aliphatic carbocycles. The molecule has 0 spiro atoms.